The van der Waals surface area contributed by atoms with Crippen molar-refractivity contribution in [1.82, 2.24) is 10.2 Å². The monoisotopic (exact) mass is 206 g/mol. The molecular weight excluding hydrogens is 192 g/mol. The number of hydrogen-bond donors (Lipinski definition) is 1. The van der Waals surface area contributed by atoms with Crippen LogP contribution in [0, 0.1) is 0 Å². The van der Waals surface area contributed by atoms with E-state index in [9.17, 15) is 4.21 Å². The maximum absolute atomic E-state index is 11.0. The van der Waals surface area contributed by atoms with Gasteiger partial charge in [-0.2, -0.15) is 0 Å². The van der Waals surface area contributed by atoms with Gasteiger partial charge in [0.15, 0.2) is 5.11 Å². The first-order valence-electron chi connectivity index (χ1n) is 3.92. The fourth-order valence-electron chi connectivity index (χ4n) is 1.30. The Hall–Kier alpha value is -0.160. The molecule has 12 heavy (non-hydrogen) atoms. The third-order valence-corrected chi connectivity index (χ3v) is 3.34. The highest BCUT2D eigenvalue weighted by Gasteiger charge is 2.22. The highest BCUT2D eigenvalue weighted by molar-refractivity contribution is 7.84. The van der Waals surface area contributed by atoms with Gasteiger partial charge in [-0.3, -0.25) is 4.21 Å². The number of rotatable bonds is 2. The Morgan fingerprint density at radius 3 is 3.08 bits per heavy atom. The van der Waals surface area contributed by atoms with Crippen molar-refractivity contribution in [3.63, 3.8) is 0 Å². The Balaban J connectivity index is 2.52. The van der Waals surface area contributed by atoms with Crippen molar-refractivity contribution in [2.45, 2.75) is 12.5 Å². The molecule has 70 valence electrons. The van der Waals surface area contributed by atoms with Crippen LogP contribution >= 0.6 is 12.2 Å². The molecule has 0 amide bonds. The van der Waals surface area contributed by atoms with Crippen LogP contribution in [0.3, 0.4) is 0 Å². The molecule has 0 aliphatic carbocycles. The van der Waals surface area contributed by atoms with Crippen molar-refractivity contribution < 1.29 is 4.21 Å². The number of thiocarbonyl (C=S) groups is 1. The second-order valence-electron chi connectivity index (χ2n) is 3.03. The van der Waals surface area contributed by atoms with E-state index in [1.54, 1.807) is 6.26 Å². The van der Waals surface area contributed by atoms with Gasteiger partial charge in [-0.1, -0.05) is 0 Å². The minimum Gasteiger partial charge on any atom is -0.362 e. The normalized spacial score (nSPS) is 26.7. The Labute approximate surface area is 81.0 Å². The van der Waals surface area contributed by atoms with Gasteiger partial charge in [-0.05, 0) is 18.6 Å². The zero-order chi connectivity index (χ0) is 9.14. The van der Waals surface area contributed by atoms with Crippen molar-refractivity contribution in [3.8, 4) is 0 Å². The predicted octanol–water partition coefficient (Wildman–Crippen LogP) is -0.0565. The SMILES string of the molecule is CN1C(=S)NCCC1CS(C)=O. The third-order valence-electron chi connectivity index (χ3n) is 2.05. The molecule has 1 fully saturated rings. The molecule has 0 spiro atoms. The lowest BCUT2D eigenvalue weighted by atomic mass is 10.2. The molecule has 2 unspecified atom stereocenters. The van der Waals surface area contributed by atoms with Gasteiger partial charge < -0.3 is 10.2 Å². The molecule has 1 saturated heterocycles. The summed E-state index contributed by atoms with van der Waals surface area (Å²) in [7, 11) is 1.22. The van der Waals surface area contributed by atoms with Gasteiger partial charge in [-0.15, -0.1) is 0 Å². The quantitative estimate of drug-likeness (QED) is 0.642. The summed E-state index contributed by atoms with van der Waals surface area (Å²) in [5.41, 5.74) is 0. The molecule has 3 nitrogen and oxygen atoms in total. The molecule has 0 saturated carbocycles. The summed E-state index contributed by atoms with van der Waals surface area (Å²) in [6, 6.07) is 0.351. The first kappa shape index (κ1) is 9.92. The van der Waals surface area contributed by atoms with Gasteiger partial charge in [0.1, 0.15) is 0 Å². The van der Waals surface area contributed by atoms with E-state index in [1.807, 2.05) is 11.9 Å². The first-order chi connectivity index (χ1) is 5.61. The van der Waals surface area contributed by atoms with Crippen LogP contribution < -0.4 is 5.32 Å². The molecule has 1 aliphatic heterocycles. The number of hydrogen-bond acceptors (Lipinski definition) is 2. The largest absolute Gasteiger partial charge is 0.362 e. The smallest absolute Gasteiger partial charge is 0.168 e. The van der Waals surface area contributed by atoms with Crippen LogP contribution in [0.2, 0.25) is 0 Å². The van der Waals surface area contributed by atoms with Gasteiger partial charge in [0.05, 0.1) is 0 Å². The standard InChI is InChI=1S/C7H14N2OS2/c1-9-6(5-12(2)10)3-4-8-7(9)11/h6H,3-5H2,1-2H3,(H,8,11). The molecule has 1 aliphatic rings. The molecular formula is C7H14N2OS2. The molecule has 1 rings (SSSR count). The molecule has 0 radical (unpaired) electrons. The van der Waals surface area contributed by atoms with E-state index in [4.69, 9.17) is 12.2 Å². The van der Waals surface area contributed by atoms with Gasteiger partial charge >= 0.3 is 0 Å². The Kier molecular flexibility index (Phi) is 3.46. The van der Waals surface area contributed by atoms with Gasteiger partial charge in [-0.25, -0.2) is 0 Å². The summed E-state index contributed by atoms with van der Waals surface area (Å²) in [5, 5.41) is 3.87. The van der Waals surface area contributed by atoms with Gasteiger partial charge in [0.2, 0.25) is 0 Å². The minimum absolute atomic E-state index is 0.351. The van der Waals surface area contributed by atoms with E-state index < -0.39 is 10.8 Å². The first-order valence-corrected chi connectivity index (χ1v) is 6.05. The van der Waals surface area contributed by atoms with Crippen molar-refractivity contribution in [1.29, 1.82) is 0 Å². The van der Waals surface area contributed by atoms with E-state index in [0.29, 0.717) is 6.04 Å². The summed E-state index contributed by atoms with van der Waals surface area (Å²) in [6.45, 7) is 0.908. The maximum Gasteiger partial charge on any atom is 0.168 e. The molecule has 1 N–H and O–H groups in total. The Morgan fingerprint density at radius 1 is 1.83 bits per heavy atom. The van der Waals surface area contributed by atoms with Crippen LogP contribution in [0.1, 0.15) is 6.42 Å². The Bertz CT molecular complexity index is 208. The van der Waals surface area contributed by atoms with Crippen molar-refractivity contribution in [3.05, 3.63) is 0 Å². The molecule has 0 aromatic rings. The predicted molar refractivity (Wildman–Crippen MR) is 55.7 cm³/mol. The highest BCUT2D eigenvalue weighted by Crippen LogP contribution is 2.07. The van der Waals surface area contributed by atoms with Crippen LogP contribution in [-0.2, 0) is 10.8 Å². The zero-order valence-corrected chi connectivity index (χ0v) is 9.00. The number of nitrogens with zero attached hydrogens (tertiary/aromatic N) is 1. The number of nitrogens with one attached hydrogen (secondary N) is 1. The summed E-state index contributed by atoms with van der Waals surface area (Å²) in [4.78, 5) is 2.00. The van der Waals surface area contributed by atoms with Gasteiger partial charge in [0.25, 0.3) is 0 Å². The second-order valence-corrected chi connectivity index (χ2v) is 4.89. The molecule has 0 aromatic carbocycles. The average molecular weight is 206 g/mol. The van der Waals surface area contributed by atoms with Crippen LogP contribution in [0.25, 0.3) is 0 Å². The molecule has 5 heteroatoms. The van der Waals surface area contributed by atoms with Gasteiger partial charge in [0, 0.05) is 42.4 Å². The van der Waals surface area contributed by atoms with E-state index in [-0.39, 0.29) is 0 Å². The van der Waals surface area contributed by atoms with Crippen molar-refractivity contribution >= 4 is 28.1 Å². The molecule has 2 atom stereocenters. The molecule has 0 bridgehead atoms. The lowest BCUT2D eigenvalue weighted by molar-refractivity contribution is 0.339. The fourth-order valence-corrected chi connectivity index (χ4v) is 2.48. The van der Waals surface area contributed by atoms with Crippen LogP contribution in [0.4, 0.5) is 0 Å². The fraction of sp³-hybridized carbons (Fsp3) is 0.857. The molecule has 0 aromatic heterocycles. The second kappa shape index (κ2) is 4.18. The molecule has 1 heterocycles. The Morgan fingerprint density at radius 2 is 2.50 bits per heavy atom. The van der Waals surface area contributed by atoms with Crippen LogP contribution in [0.15, 0.2) is 0 Å². The summed E-state index contributed by atoms with van der Waals surface area (Å²) >= 11 is 5.07. The summed E-state index contributed by atoms with van der Waals surface area (Å²) < 4.78 is 11.0. The lowest BCUT2D eigenvalue weighted by Crippen LogP contribution is -2.51. The highest BCUT2D eigenvalue weighted by atomic mass is 32.2. The van der Waals surface area contributed by atoms with Crippen LogP contribution in [0.5, 0.6) is 0 Å². The maximum atomic E-state index is 11.0. The average Bonchev–Trinajstić information content (AvgIpc) is 1.98. The zero-order valence-electron chi connectivity index (χ0n) is 7.37. The summed E-state index contributed by atoms with van der Waals surface area (Å²) in [5.74, 6) is 0.721. The van der Waals surface area contributed by atoms with Crippen molar-refractivity contribution in [2.24, 2.45) is 0 Å². The van der Waals surface area contributed by atoms with E-state index >= 15 is 0 Å². The van der Waals surface area contributed by atoms with Crippen molar-refractivity contribution in [2.75, 3.05) is 25.6 Å². The summed E-state index contributed by atoms with van der Waals surface area (Å²) in [6.07, 6.45) is 2.76. The topological polar surface area (TPSA) is 32.3 Å². The van der Waals surface area contributed by atoms with E-state index in [0.717, 1.165) is 23.8 Å². The lowest BCUT2D eigenvalue weighted by Gasteiger charge is -2.34. The van der Waals surface area contributed by atoms with E-state index in [1.165, 1.54) is 0 Å². The van der Waals surface area contributed by atoms with E-state index in [2.05, 4.69) is 5.32 Å². The minimum atomic E-state index is -0.728. The van der Waals surface area contributed by atoms with Crippen LogP contribution in [-0.4, -0.2) is 45.9 Å². The third kappa shape index (κ3) is 2.42.